The van der Waals surface area contributed by atoms with Crippen molar-refractivity contribution >= 4 is 22.7 Å². The molecule has 32 heavy (non-hydrogen) atoms. The molecule has 0 aliphatic rings. The van der Waals surface area contributed by atoms with E-state index in [1.165, 1.54) is 22.7 Å². The molecule has 0 fully saturated rings. The number of hydrogen-bond donors (Lipinski definition) is 4. The Hall–Kier alpha value is -2.36. The lowest BCUT2D eigenvalue weighted by molar-refractivity contribution is 0.754. The molecule has 0 heterocycles. The monoisotopic (exact) mass is 440 g/mol. The second-order valence-corrected chi connectivity index (χ2v) is 8.94. The van der Waals surface area contributed by atoms with Crippen molar-refractivity contribution in [2.75, 3.05) is 21.3 Å². The van der Waals surface area contributed by atoms with Crippen LogP contribution < -0.4 is 21.3 Å². The summed E-state index contributed by atoms with van der Waals surface area (Å²) >= 11 is 0. The zero-order chi connectivity index (χ0) is 23.9. The molecule has 4 heteroatoms. The van der Waals surface area contributed by atoms with E-state index in [2.05, 4.69) is 125 Å². The highest BCUT2D eigenvalue weighted by molar-refractivity contribution is 5.69. The van der Waals surface area contributed by atoms with Gasteiger partial charge in [-0.15, -0.1) is 0 Å². The molecule has 2 aromatic rings. The molecule has 4 atom stereocenters. The Labute approximate surface area is 198 Å². The molecule has 0 saturated carbocycles. The summed E-state index contributed by atoms with van der Waals surface area (Å²) in [5, 5.41) is 14.0. The Morgan fingerprint density at radius 3 is 1.03 bits per heavy atom. The van der Waals surface area contributed by atoms with E-state index >= 15 is 0 Å². The third kappa shape index (κ3) is 10.8. The third-order valence-electron chi connectivity index (χ3n) is 5.89. The highest BCUT2D eigenvalue weighted by atomic mass is 15.0. The lowest BCUT2D eigenvalue weighted by Gasteiger charge is -2.20. The highest BCUT2D eigenvalue weighted by Gasteiger charge is 2.06. The van der Waals surface area contributed by atoms with Gasteiger partial charge < -0.3 is 21.3 Å². The Bertz CT molecular complexity index is 666. The van der Waals surface area contributed by atoms with Gasteiger partial charge in [0.05, 0.1) is 11.4 Å². The molecule has 2 rings (SSSR count). The lowest BCUT2D eigenvalue weighted by atomic mass is 10.2. The molecular formula is C28H48N4. The average molecular weight is 441 g/mol. The first-order valence-electron chi connectivity index (χ1n) is 12.6. The van der Waals surface area contributed by atoms with Crippen molar-refractivity contribution in [2.24, 2.45) is 0 Å². The summed E-state index contributed by atoms with van der Waals surface area (Å²) < 4.78 is 0. The molecule has 180 valence electrons. The van der Waals surface area contributed by atoms with E-state index in [1.54, 1.807) is 0 Å². The van der Waals surface area contributed by atoms with Gasteiger partial charge in [-0.05, 0) is 89.8 Å². The van der Waals surface area contributed by atoms with Crippen LogP contribution in [0.25, 0.3) is 0 Å². The van der Waals surface area contributed by atoms with Crippen LogP contribution in [0.1, 0.15) is 81.1 Å². The van der Waals surface area contributed by atoms with Crippen molar-refractivity contribution < 1.29 is 0 Å². The van der Waals surface area contributed by atoms with Crippen LogP contribution in [-0.4, -0.2) is 24.2 Å². The number of rotatable bonds is 12. The number of anilines is 4. The molecule has 2 aromatic carbocycles. The second kappa shape index (κ2) is 15.4. The summed E-state index contributed by atoms with van der Waals surface area (Å²) in [7, 11) is 0. The summed E-state index contributed by atoms with van der Waals surface area (Å²) in [4.78, 5) is 0. The summed E-state index contributed by atoms with van der Waals surface area (Å²) in [5.74, 6) is 0. The minimum Gasteiger partial charge on any atom is -0.383 e. The number of benzene rings is 2. The normalized spacial score (nSPS) is 14.2. The molecule has 0 radical (unpaired) electrons. The van der Waals surface area contributed by atoms with E-state index in [0.29, 0.717) is 24.2 Å². The molecule has 4 N–H and O–H groups in total. The average Bonchev–Trinajstić information content (AvgIpc) is 2.81. The van der Waals surface area contributed by atoms with Gasteiger partial charge in [0.25, 0.3) is 0 Å². The largest absolute Gasteiger partial charge is 0.383 e. The fourth-order valence-corrected chi connectivity index (χ4v) is 2.91. The van der Waals surface area contributed by atoms with Crippen LogP contribution in [0.2, 0.25) is 0 Å². The predicted molar refractivity (Wildman–Crippen MR) is 146 cm³/mol. The first-order valence-corrected chi connectivity index (χ1v) is 12.6. The van der Waals surface area contributed by atoms with Gasteiger partial charge >= 0.3 is 0 Å². The van der Waals surface area contributed by atoms with E-state index in [9.17, 15) is 0 Å². The van der Waals surface area contributed by atoms with E-state index in [4.69, 9.17) is 0 Å². The lowest BCUT2D eigenvalue weighted by Crippen LogP contribution is -2.18. The first-order chi connectivity index (χ1) is 15.3. The SMILES string of the molecule is CCC(C)Nc1ccc(NC(C)CC)cc1.CCC(C)Nc1ccccc1NC(C)CC. The van der Waals surface area contributed by atoms with E-state index in [1.807, 2.05) is 0 Å². The Kier molecular flexibility index (Phi) is 13.4. The molecule has 0 spiro atoms. The van der Waals surface area contributed by atoms with Gasteiger partial charge in [-0.3, -0.25) is 0 Å². The summed E-state index contributed by atoms with van der Waals surface area (Å²) in [5.41, 5.74) is 4.81. The van der Waals surface area contributed by atoms with Crippen LogP contribution in [-0.2, 0) is 0 Å². The maximum absolute atomic E-state index is 3.53. The standard InChI is InChI=1S/2C14H24N2/c1-5-11(3)15-13-7-9-14(10-8-13)16-12(4)6-2;1-5-11(3)15-13-9-7-8-10-14(13)16-12(4)6-2/h2*7-12,15-16H,5-6H2,1-4H3. The minimum atomic E-state index is 0.514. The van der Waals surface area contributed by atoms with Gasteiger partial charge in [-0.2, -0.15) is 0 Å². The van der Waals surface area contributed by atoms with Crippen LogP contribution in [0, 0.1) is 0 Å². The zero-order valence-corrected chi connectivity index (χ0v) is 21.8. The van der Waals surface area contributed by atoms with Gasteiger partial charge in [-0.1, -0.05) is 39.8 Å². The van der Waals surface area contributed by atoms with Crippen molar-refractivity contribution in [3.63, 3.8) is 0 Å². The molecule has 0 amide bonds. The Morgan fingerprint density at radius 2 is 0.750 bits per heavy atom. The van der Waals surface area contributed by atoms with Gasteiger partial charge in [0.1, 0.15) is 0 Å². The van der Waals surface area contributed by atoms with Gasteiger partial charge in [0.2, 0.25) is 0 Å². The minimum absolute atomic E-state index is 0.514. The van der Waals surface area contributed by atoms with Crippen molar-refractivity contribution in [1.29, 1.82) is 0 Å². The second-order valence-electron chi connectivity index (χ2n) is 8.94. The van der Waals surface area contributed by atoms with Crippen LogP contribution in [0.5, 0.6) is 0 Å². The van der Waals surface area contributed by atoms with Crippen LogP contribution in [0.3, 0.4) is 0 Å². The Morgan fingerprint density at radius 1 is 0.469 bits per heavy atom. The topological polar surface area (TPSA) is 48.1 Å². The van der Waals surface area contributed by atoms with Crippen molar-refractivity contribution in [3.05, 3.63) is 48.5 Å². The molecular weight excluding hydrogens is 392 g/mol. The smallest absolute Gasteiger partial charge is 0.0578 e. The van der Waals surface area contributed by atoms with Gasteiger partial charge in [0.15, 0.2) is 0 Å². The van der Waals surface area contributed by atoms with Crippen LogP contribution in [0.15, 0.2) is 48.5 Å². The summed E-state index contributed by atoms with van der Waals surface area (Å²) in [6.45, 7) is 17.6. The van der Waals surface area contributed by atoms with Crippen LogP contribution >= 0.6 is 0 Å². The Balaban J connectivity index is 0.000000320. The number of para-hydroxylation sites is 2. The van der Waals surface area contributed by atoms with Crippen molar-refractivity contribution in [3.8, 4) is 0 Å². The van der Waals surface area contributed by atoms with Gasteiger partial charge in [0, 0.05) is 35.5 Å². The summed E-state index contributed by atoms with van der Waals surface area (Å²) in [6.07, 6.45) is 4.56. The number of nitrogens with one attached hydrogen (secondary N) is 4. The maximum atomic E-state index is 3.53. The highest BCUT2D eigenvalue weighted by Crippen LogP contribution is 2.23. The maximum Gasteiger partial charge on any atom is 0.0578 e. The van der Waals surface area contributed by atoms with E-state index in [-0.39, 0.29) is 0 Å². The quantitative estimate of drug-likeness (QED) is 0.268. The van der Waals surface area contributed by atoms with E-state index in [0.717, 1.165) is 25.7 Å². The number of hydrogen-bond acceptors (Lipinski definition) is 4. The van der Waals surface area contributed by atoms with Crippen molar-refractivity contribution in [1.82, 2.24) is 0 Å². The third-order valence-corrected chi connectivity index (χ3v) is 5.89. The molecule has 4 unspecified atom stereocenters. The van der Waals surface area contributed by atoms with Crippen molar-refractivity contribution in [2.45, 2.75) is 105 Å². The summed E-state index contributed by atoms with van der Waals surface area (Å²) in [6, 6.07) is 19.1. The first kappa shape index (κ1) is 27.7. The van der Waals surface area contributed by atoms with Gasteiger partial charge in [-0.25, -0.2) is 0 Å². The molecule has 0 aliphatic heterocycles. The fraction of sp³-hybridized carbons (Fsp3) is 0.571. The van der Waals surface area contributed by atoms with Crippen LogP contribution in [0.4, 0.5) is 22.7 Å². The zero-order valence-electron chi connectivity index (χ0n) is 21.8. The van der Waals surface area contributed by atoms with E-state index < -0.39 is 0 Å². The molecule has 0 saturated heterocycles. The molecule has 0 bridgehead atoms. The predicted octanol–water partition coefficient (Wildman–Crippen LogP) is 8.21. The molecule has 4 nitrogen and oxygen atoms in total. The fourth-order valence-electron chi connectivity index (χ4n) is 2.91. The molecule has 0 aromatic heterocycles. The molecule has 0 aliphatic carbocycles.